The van der Waals surface area contributed by atoms with Crippen LogP contribution < -0.4 is 5.32 Å². The summed E-state index contributed by atoms with van der Waals surface area (Å²) in [6.45, 7) is 3.56. The van der Waals surface area contributed by atoms with E-state index in [4.69, 9.17) is 5.26 Å². The second-order valence-electron chi connectivity index (χ2n) is 3.98. The van der Waals surface area contributed by atoms with E-state index in [0.29, 0.717) is 16.4 Å². The van der Waals surface area contributed by atoms with Gasteiger partial charge in [0.05, 0.1) is 10.6 Å². The molecule has 0 unspecified atom stereocenters. The minimum absolute atomic E-state index is 0.259. The van der Waals surface area contributed by atoms with Crippen LogP contribution in [0.3, 0.4) is 0 Å². The molecule has 0 fully saturated rings. The quantitative estimate of drug-likeness (QED) is 0.391. The van der Waals surface area contributed by atoms with Crippen LogP contribution in [0.2, 0.25) is 0 Å². The van der Waals surface area contributed by atoms with Gasteiger partial charge in [0, 0.05) is 6.26 Å². The molecule has 5 nitrogen and oxygen atoms in total. The molecule has 1 N–H and O–H groups in total. The zero-order valence-corrected chi connectivity index (χ0v) is 12.8. The normalized spacial score (nSPS) is 12.1. The van der Waals surface area contributed by atoms with Crippen LogP contribution in [0.1, 0.15) is 11.1 Å². The van der Waals surface area contributed by atoms with Crippen LogP contribution in [-0.4, -0.2) is 26.1 Å². The molecule has 0 aliphatic heterocycles. The van der Waals surface area contributed by atoms with Crippen molar-refractivity contribution < 1.29 is 8.42 Å². The van der Waals surface area contributed by atoms with Gasteiger partial charge in [-0.15, -0.1) is 0 Å². The third-order valence-electron chi connectivity index (χ3n) is 2.55. The van der Waals surface area contributed by atoms with Crippen LogP contribution in [0.15, 0.2) is 22.0 Å². The summed E-state index contributed by atoms with van der Waals surface area (Å²) in [5.41, 5.74) is 2.03. The van der Waals surface area contributed by atoms with Crippen LogP contribution in [0, 0.1) is 25.3 Å². The molecule has 0 bridgehead atoms. The number of benzene rings is 1. The highest BCUT2D eigenvalue weighted by Crippen LogP contribution is 2.29. The molecule has 1 aromatic rings. The maximum atomic E-state index is 11.7. The van der Waals surface area contributed by atoms with E-state index >= 15 is 0 Å². The standard InChI is InChI=1S/C12H15N3O2S2/c1-8-5-6-10(19(4,16)17)9(2)11(8)15-12(18-3)14-7-13/h5-6H,1-4H3,(H,14,15). The summed E-state index contributed by atoms with van der Waals surface area (Å²) in [6, 6.07) is 3.29. The second-order valence-corrected chi connectivity index (χ2v) is 6.76. The minimum Gasteiger partial charge on any atom is -0.271 e. The second kappa shape index (κ2) is 6.08. The van der Waals surface area contributed by atoms with Gasteiger partial charge in [0.2, 0.25) is 0 Å². The predicted octanol–water partition coefficient (Wildman–Crippen LogP) is 2.13. The molecule has 19 heavy (non-hydrogen) atoms. The zero-order valence-electron chi connectivity index (χ0n) is 11.2. The lowest BCUT2D eigenvalue weighted by molar-refractivity contribution is 0.601. The van der Waals surface area contributed by atoms with E-state index in [9.17, 15) is 8.42 Å². The van der Waals surface area contributed by atoms with Gasteiger partial charge in [0.25, 0.3) is 0 Å². The van der Waals surface area contributed by atoms with Crippen LogP contribution in [-0.2, 0) is 9.84 Å². The first-order valence-corrected chi connectivity index (χ1v) is 8.51. The highest BCUT2D eigenvalue weighted by Gasteiger charge is 2.15. The average molecular weight is 297 g/mol. The van der Waals surface area contributed by atoms with E-state index in [1.54, 1.807) is 31.5 Å². The average Bonchev–Trinajstić information content (AvgIpc) is 2.31. The van der Waals surface area contributed by atoms with Crippen molar-refractivity contribution in [2.75, 3.05) is 12.5 Å². The van der Waals surface area contributed by atoms with Crippen molar-refractivity contribution in [2.45, 2.75) is 18.7 Å². The van der Waals surface area contributed by atoms with Gasteiger partial charge in [0.15, 0.2) is 21.2 Å². The van der Waals surface area contributed by atoms with E-state index in [1.165, 1.54) is 18.0 Å². The number of aryl methyl sites for hydroxylation is 1. The third kappa shape index (κ3) is 3.72. The smallest absolute Gasteiger partial charge is 0.183 e. The highest BCUT2D eigenvalue weighted by atomic mass is 32.2. The van der Waals surface area contributed by atoms with Crippen molar-refractivity contribution in [3.63, 3.8) is 0 Å². The van der Waals surface area contributed by atoms with Gasteiger partial charge < -0.3 is 0 Å². The first-order chi connectivity index (χ1) is 8.81. The topological polar surface area (TPSA) is 82.3 Å². The first kappa shape index (κ1) is 15.5. The number of nitrogens with zero attached hydrogens (tertiary/aromatic N) is 2. The summed E-state index contributed by atoms with van der Waals surface area (Å²) in [5.74, 6) is 0. The van der Waals surface area contributed by atoms with Gasteiger partial charge in [-0.3, -0.25) is 5.32 Å². The molecule has 0 aliphatic carbocycles. The third-order valence-corrected chi connectivity index (χ3v) is 4.37. The number of thioether (sulfide) groups is 1. The Morgan fingerprint density at radius 3 is 2.53 bits per heavy atom. The number of hydrogen-bond acceptors (Lipinski definition) is 5. The SMILES string of the molecule is CSC(=Nc1c(C)ccc(S(C)(=O)=O)c1C)NC#N. The molecule has 1 rings (SSSR count). The van der Waals surface area contributed by atoms with E-state index in [0.717, 1.165) is 5.56 Å². The number of hydrogen-bond donors (Lipinski definition) is 1. The molecular weight excluding hydrogens is 282 g/mol. The van der Waals surface area contributed by atoms with Crippen molar-refractivity contribution in [1.82, 2.24) is 5.32 Å². The number of nitriles is 1. The molecule has 0 aromatic heterocycles. The first-order valence-electron chi connectivity index (χ1n) is 5.39. The van der Waals surface area contributed by atoms with E-state index < -0.39 is 9.84 Å². The van der Waals surface area contributed by atoms with Gasteiger partial charge in [0.1, 0.15) is 0 Å². The molecular formula is C12H15N3O2S2. The summed E-state index contributed by atoms with van der Waals surface area (Å²) in [7, 11) is -3.29. The van der Waals surface area contributed by atoms with E-state index in [1.807, 2.05) is 6.92 Å². The van der Waals surface area contributed by atoms with Crippen molar-refractivity contribution in [3.8, 4) is 6.19 Å². The molecule has 0 aliphatic rings. The van der Waals surface area contributed by atoms with Gasteiger partial charge in [-0.1, -0.05) is 17.8 Å². The molecule has 0 saturated carbocycles. The van der Waals surface area contributed by atoms with Gasteiger partial charge in [-0.05, 0) is 37.3 Å². The highest BCUT2D eigenvalue weighted by molar-refractivity contribution is 8.13. The monoisotopic (exact) mass is 297 g/mol. The maximum Gasteiger partial charge on any atom is 0.183 e. The Morgan fingerprint density at radius 2 is 2.05 bits per heavy atom. The fourth-order valence-electron chi connectivity index (χ4n) is 1.66. The van der Waals surface area contributed by atoms with E-state index in [2.05, 4.69) is 10.3 Å². The zero-order chi connectivity index (χ0) is 14.6. The van der Waals surface area contributed by atoms with E-state index in [-0.39, 0.29) is 4.90 Å². The lowest BCUT2D eigenvalue weighted by Gasteiger charge is -2.10. The fraction of sp³-hybridized carbons (Fsp3) is 0.333. The van der Waals surface area contributed by atoms with Crippen LogP contribution in [0.25, 0.3) is 0 Å². The summed E-state index contributed by atoms with van der Waals surface area (Å²) in [6.07, 6.45) is 4.76. The predicted molar refractivity (Wildman–Crippen MR) is 78.4 cm³/mol. The molecule has 102 valence electrons. The lowest BCUT2D eigenvalue weighted by Crippen LogP contribution is -2.13. The van der Waals surface area contributed by atoms with Gasteiger partial charge in [-0.25, -0.2) is 13.4 Å². The molecule has 7 heteroatoms. The Bertz CT molecular complexity index is 658. The number of nitrogens with one attached hydrogen (secondary N) is 1. The summed E-state index contributed by atoms with van der Waals surface area (Å²) < 4.78 is 23.4. The van der Waals surface area contributed by atoms with Gasteiger partial charge in [-0.2, -0.15) is 5.26 Å². The Morgan fingerprint density at radius 1 is 1.42 bits per heavy atom. The van der Waals surface area contributed by atoms with Crippen molar-refractivity contribution in [1.29, 1.82) is 5.26 Å². The fourth-order valence-corrected chi connectivity index (χ4v) is 2.96. The Hall–Kier alpha value is -1.52. The van der Waals surface area contributed by atoms with Crippen LogP contribution in [0.4, 0.5) is 5.69 Å². The molecule has 0 spiro atoms. The van der Waals surface area contributed by atoms with Crippen molar-refractivity contribution in [3.05, 3.63) is 23.3 Å². The largest absolute Gasteiger partial charge is 0.271 e. The van der Waals surface area contributed by atoms with Crippen LogP contribution >= 0.6 is 11.8 Å². The number of rotatable bonds is 2. The Labute approximate surface area is 117 Å². The van der Waals surface area contributed by atoms with Crippen molar-refractivity contribution in [2.24, 2.45) is 4.99 Å². The molecule has 0 amide bonds. The van der Waals surface area contributed by atoms with Crippen LogP contribution in [0.5, 0.6) is 0 Å². The molecule has 0 saturated heterocycles. The lowest BCUT2D eigenvalue weighted by atomic mass is 10.1. The molecule has 0 heterocycles. The van der Waals surface area contributed by atoms with Crippen molar-refractivity contribution >= 4 is 32.5 Å². The summed E-state index contributed by atoms with van der Waals surface area (Å²) in [5, 5.41) is 11.5. The summed E-state index contributed by atoms with van der Waals surface area (Å²) in [4.78, 5) is 4.58. The Balaban J connectivity index is 3.49. The summed E-state index contributed by atoms with van der Waals surface area (Å²) >= 11 is 1.29. The Kier molecular flexibility index (Phi) is 4.97. The van der Waals surface area contributed by atoms with Gasteiger partial charge >= 0.3 is 0 Å². The number of aliphatic imine (C=N–C) groups is 1. The number of sulfone groups is 1. The molecule has 1 aromatic carbocycles. The maximum absolute atomic E-state index is 11.7. The molecule has 0 radical (unpaired) electrons. The minimum atomic E-state index is -3.29. The number of amidine groups is 1. The molecule has 0 atom stereocenters.